The fraction of sp³-hybridized carbons (Fsp3) is 0.800. The van der Waals surface area contributed by atoms with Crippen LogP contribution in [0.5, 0.6) is 0 Å². The Morgan fingerprint density at radius 2 is 1.00 bits per heavy atom. The third kappa shape index (κ3) is 23.4. The van der Waals surface area contributed by atoms with Gasteiger partial charge in [-0.15, -0.1) is 0 Å². The van der Waals surface area contributed by atoms with E-state index in [4.69, 9.17) is 0 Å². The third-order valence-corrected chi connectivity index (χ3v) is 8.70. The van der Waals surface area contributed by atoms with Gasteiger partial charge in [-0.05, 0) is 94.9 Å². The van der Waals surface area contributed by atoms with Gasteiger partial charge in [0.05, 0.1) is 63.6 Å². The van der Waals surface area contributed by atoms with Crippen LogP contribution < -0.4 is 9.47 Å². The number of quaternary nitrogens is 3. The Bertz CT molecular complexity index is 799. The van der Waals surface area contributed by atoms with Crippen molar-refractivity contribution in [2.24, 2.45) is 16.8 Å². The number of rotatable bonds is 6. The minimum Gasteiger partial charge on any atom is -0.325 e. The number of aromatic nitrogens is 1. The molecule has 0 saturated carbocycles. The smallest absolute Gasteiger partial charge is 0.193 e. The van der Waals surface area contributed by atoms with Gasteiger partial charge in [0.2, 0.25) is 0 Å². The maximum atomic E-state index is 3.94. The Morgan fingerprint density at radius 3 is 1.16 bits per heavy atom. The van der Waals surface area contributed by atoms with Crippen molar-refractivity contribution < 1.29 is 18.4 Å². The first-order valence-corrected chi connectivity index (χ1v) is 18.3. The predicted molar refractivity (Wildman–Crippen MR) is 204 cm³/mol. The normalized spacial score (nSPS) is 16.6. The molecule has 2 aliphatic rings. The highest BCUT2D eigenvalue weighted by molar-refractivity contribution is 5.47. The van der Waals surface area contributed by atoms with E-state index in [-0.39, 0.29) is 0 Å². The molecule has 0 spiro atoms. The second-order valence-corrected chi connectivity index (χ2v) is 16.4. The second kappa shape index (κ2) is 25.5. The van der Waals surface area contributed by atoms with Crippen LogP contribution in [0.3, 0.4) is 0 Å². The largest absolute Gasteiger partial charge is 0.325 e. The molecule has 3 heterocycles. The Kier molecular flexibility index (Phi) is 27.1. The molecule has 1 aromatic heterocycles. The molecule has 3 rings (SSSR count). The second-order valence-electron chi connectivity index (χ2n) is 16.4. The first-order valence-electron chi connectivity index (χ1n) is 18.3. The summed E-state index contributed by atoms with van der Waals surface area (Å²) >= 11 is 0. The van der Waals surface area contributed by atoms with Crippen molar-refractivity contribution in [1.29, 1.82) is 0 Å². The highest BCUT2D eigenvalue weighted by Crippen LogP contribution is 2.27. The summed E-state index contributed by atoms with van der Waals surface area (Å²) in [6.07, 6.45) is 12.8. The molecule has 0 aliphatic carbocycles. The van der Waals surface area contributed by atoms with Crippen molar-refractivity contribution >= 4 is 6.34 Å². The summed E-state index contributed by atoms with van der Waals surface area (Å²) in [5.41, 5.74) is 0. The van der Waals surface area contributed by atoms with E-state index in [1.165, 1.54) is 35.3 Å². The maximum Gasteiger partial charge on any atom is 0.193 e. The number of nitrogens with one attached hydrogen (secondary N) is 1. The van der Waals surface area contributed by atoms with E-state index in [0.717, 1.165) is 40.5 Å². The first-order chi connectivity index (χ1) is 20.6. The Balaban J connectivity index is -0.000000486. The highest BCUT2D eigenvalue weighted by Gasteiger charge is 2.37. The van der Waals surface area contributed by atoms with Gasteiger partial charge in [-0.2, -0.15) is 0 Å². The zero-order valence-corrected chi connectivity index (χ0v) is 34.4. The molecule has 0 amide bonds. The van der Waals surface area contributed by atoms with Gasteiger partial charge in [0.15, 0.2) is 24.8 Å². The fourth-order valence-corrected chi connectivity index (χ4v) is 4.55. The molecule has 1 atom stereocenters. The molecule has 1 aromatic rings. The summed E-state index contributed by atoms with van der Waals surface area (Å²) in [5, 5.41) is 0. The third-order valence-electron chi connectivity index (χ3n) is 8.70. The van der Waals surface area contributed by atoms with Crippen LogP contribution in [0.15, 0.2) is 48.0 Å². The van der Waals surface area contributed by atoms with E-state index in [0.29, 0.717) is 12.1 Å². The van der Waals surface area contributed by atoms with Crippen molar-refractivity contribution in [3.8, 4) is 0 Å². The minimum atomic E-state index is 0.575. The number of hydrogen-bond donors (Lipinski definition) is 1. The lowest BCUT2D eigenvalue weighted by Crippen LogP contribution is -3.08. The zero-order valence-electron chi connectivity index (χ0n) is 34.4. The molecule has 0 bridgehead atoms. The zero-order chi connectivity index (χ0) is 36.0. The van der Waals surface area contributed by atoms with Gasteiger partial charge in [0, 0.05) is 25.0 Å². The lowest BCUT2D eigenvalue weighted by molar-refractivity contribution is -0.956. The fourth-order valence-electron chi connectivity index (χ4n) is 4.55. The van der Waals surface area contributed by atoms with E-state index in [1.807, 2.05) is 36.9 Å². The summed E-state index contributed by atoms with van der Waals surface area (Å²) < 4.78 is 4.64. The SMILES string of the molecule is CC(C)C.CC(C)C.CC(C)[N+](C)(C)C(C)C.CC(C)[N+]1(C(C)C)CCCC1.CC(C)[NH+]1C=CN=C1.CC(C)[n+]1ccccc1. The van der Waals surface area contributed by atoms with Gasteiger partial charge in [0.1, 0.15) is 6.20 Å². The van der Waals surface area contributed by atoms with E-state index in [2.05, 4.69) is 161 Å². The standard InChI is InChI=1S/C10H22N.C8H12N.C8H20N.C6H10N2.2C4H10/c1-9(2)11(10(3)4)7-5-6-8-11;1-8(2)9-6-4-3-5-7-9;1-7(2)9(5,6)8(3)4;1-6(2)8-4-3-7-5-8;2*1-4(2)3/h9-10H,5-8H2,1-4H3;3-8H,1-2H3;7-8H,1-6H3;3-6H,1-2H3;2*4H,1-3H3/q3*+1;;;/p+1. The first kappa shape index (κ1) is 47.8. The average molecular weight is 636 g/mol. The molecule has 5 nitrogen and oxygen atoms in total. The highest BCUT2D eigenvalue weighted by atomic mass is 15.4. The number of hydrogen-bond acceptors (Lipinski definition) is 1. The van der Waals surface area contributed by atoms with E-state index >= 15 is 0 Å². The molecule has 5 heteroatoms. The van der Waals surface area contributed by atoms with Crippen LogP contribution in [0.1, 0.15) is 144 Å². The van der Waals surface area contributed by atoms with Crippen LogP contribution in [-0.2, 0) is 0 Å². The van der Waals surface area contributed by atoms with Gasteiger partial charge in [-0.25, -0.2) is 9.56 Å². The lowest BCUT2D eigenvalue weighted by Gasteiger charge is -2.42. The van der Waals surface area contributed by atoms with Crippen molar-refractivity contribution in [2.75, 3.05) is 27.2 Å². The molecule has 45 heavy (non-hydrogen) atoms. The molecule has 266 valence electrons. The van der Waals surface area contributed by atoms with Crippen LogP contribution in [0.25, 0.3) is 0 Å². The molecule has 2 aliphatic heterocycles. The summed E-state index contributed by atoms with van der Waals surface area (Å²) in [6, 6.07) is 10.4. The van der Waals surface area contributed by atoms with Crippen molar-refractivity contribution in [1.82, 2.24) is 0 Å². The van der Waals surface area contributed by atoms with Crippen LogP contribution >= 0.6 is 0 Å². The monoisotopic (exact) mass is 636 g/mol. The topological polar surface area (TPSA) is 20.7 Å². The predicted octanol–water partition coefficient (Wildman–Crippen LogP) is 8.97. The number of pyridine rings is 1. The van der Waals surface area contributed by atoms with Gasteiger partial charge in [-0.3, -0.25) is 4.90 Å². The molecule has 1 fully saturated rings. The lowest BCUT2D eigenvalue weighted by atomic mass is 10.1. The van der Waals surface area contributed by atoms with Crippen molar-refractivity contribution in [3.05, 3.63) is 43.0 Å². The van der Waals surface area contributed by atoms with Crippen LogP contribution in [0.2, 0.25) is 0 Å². The number of nitrogens with zero attached hydrogens (tertiary/aromatic N) is 4. The number of likely N-dealkylation sites (tertiary alicyclic amines) is 1. The van der Waals surface area contributed by atoms with Crippen LogP contribution in [0, 0.1) is 11.8 Å². The molecule has 1 unspecified atom stereocenters. The van der Waals surface area contributed by atoms with Crippen molar-refractivity contribution in [2.45, 2.75) is 174 Å². The Labute approximate surface area is 285 Å². The summed E-state index contributed by atoms with van der Waals surface area (Å²) in [5.74, 6) is 1.67. The summed E-state index contributed by atoms with van der Waals surface area (Å²) in [6.45, 7) is 43.0. The molecular formula is C40H85N5+4. The van der Waals surface area contributed by atoms with E-state index in [9.17, 15) is 0 Å². The minimum absolute atomic E-state index is 0.575. The maximum absolute atomic E-state index is 3.94. The van der Waals surface area contributed by atoms with E-state index < -0.39 is 0 Å². The van der Waals surface area contributed by atoms with Gasteiger partial charge < -0.3 is 8.97 Å². The molecule has 1 N–H and O–H groups in total. The van der Waals surface area contributed by atoms with Crippen molar-refractivity contribution in [3.63, 3.8) is 0 Å². The van der Waals surface area contributed by atoms with Crippen LogP contribution in [-0.4, -0.2) is 72.7 Å². The molecule has 0 aromatic carbocycles. The Hall–Kier alpha value is -1.56. The average Bonchev–Trinajstić information content (AvgIpc) is 3.63. The number of aliphatic imine (C=N–C) groups is 1. The van der Waals surface area contributed by atoms with Crippen LogP contribution in [0.4, 0.5) is 0 Å². The molecular weight excluding hydrogens is 550 g/mol. The molecule has 0 radical (unpaired) electrons. The van der Waals surface area contributed by atoms with Gasteiger partial charge >= 0.3 is 0 Å². The summed E-state index contributed by atoms with van der Waals surface area (Å²) in [4.78, 5) is 5.27. The quantitative estimate of drug-likeness (QED) is 0.238. The van der Waals surface area contributed by atoms with Gasteiger partial charge in [-0.1, -0.05) is 47.6 Å². The van der Waals surface area contributed by atoms with Gasteiger partial charge in [0.25, 0.3) is 0 Å². The molecule has 1 saturated heterocycles. The Morgan fingerprint density at radius 1 is 0.622 bits per heavy atom. The summed E-state index contributed by atoms with van der Waals surface area (Å²) in [7, 11) is 4.55. The van der Waals surface area contributed by atoms with E-state index in [1.54, 1.807) is 0 Å².